The molecule has 202 valence electrons. The van der Waals surface area contributed by atoms with Crippen LogP contribution >= 0.6 is 0 Å². The Hall–Kier alpha value is -3.27. The molecule has 0 amide bonds. The van der Waals surface area contributed by atoms with Gasteiger partial charge in [0.1, 0.15) is 6.04 Å². The highest BCUT2D eigenvalue weighted by atomic mass is 19.4. The van der Waals surface area contributed by atoms with Gasteiger partial charge in [-0.3, -0.25) is 19.6 Å². The zero-order valence-electron chi connectivity index (χ0n) is 21.5. The van der Waals surface area contributed by atoms with Crippen molar-refractivity contribution in [2.24, 2.45) is 0 Å². The summed E-state index contributed by atoms with van der Waals surface area (Å²) in [5, 5.41) is 9.89. The van der Waals surface area contributed by atoms with E-state index >= 15 is 0 Å². The molecule has 1 saturated heterocycles. The van der Waals surface area contributed by atoms with Crippen LogP contribution in [0.3, 0.4) is 0 Å². The molecule has 1 fully saturated rings. The number of alkyl halides is 3. The Balaban J connectivity index is 1.43. The smallest absolute Gasteiger partial charge is 0.421 e. The Morgan fingerprint density at radius 2 is 1.53 bits per heavy atom. The summed E-state index contributed by atoms with van der Waals surface area (Å²) in [7, 11) is 0. The molecule has 1 N–H and O–H groups in total. The van der Waals surface area contributed by atoms with Gasteiger partial charge in [0.25, 0.3) is 0 Å². The van der Waals surface area contributed by atoms with Crippen molar-refractivity contribution in [3.8, 4) is 11.1 Å². The molecular formula is C29H32F3N3O3. The molecule has 9 heteroatoms. The first kappa shape index (κ1) is 27.8. The van der Waals surface area contributed by atoms with E-state index in [9.17, 15) is 23.1 Å². The van der Waals surface area contributed by atoms with Crippen LogP contribution in [0, 0.1) is 0 Å². The molecule has 1 aliphatic heterocycles. The van der Waals surface area contributed by atoms with Gasteiger partial charge in [0.2, 0.25) is 0 Å². The fraction of sp³-hybridized carbons (Fsp3) is 0.379. The van der Waals surface area contributed by atoms with Gasteiger partial charge in [-0.05, 0) is 53.8 Å². The van der Waals surface area contributed by atoms with Gasteiger partial charge in [-0.25, -0.2) is 0 Å². The quantitative estimate of drug-likeness (QED) is 0.426. The Bertz CT molecular complexity index is 1200. The average Bonchev–Trinajstić information content (AvgIpc) is 2.90. The van der Waals surface area contributed by atoms with E-state index in [-0.39, 0.29) is 17.6 Å². The minimum absolute atomic E-state index is 0.210. The SMILES string of the molecule is CCOC(=O)C1CN(Cc2ccncc2)CCN1Cc1ccc(-c2ccc(C(C)(O)C(F)(F)F)cc2)cc1. The van der Waals surface area contributed by atoms with Crippen LogP contribution in [0.25, 0.3) is 11.1 Å². The number of aromatic nitrogens is 1. The van der Waals surface area contributed by atoms with Crippen LogP contribution < -0.4 is 0 Å². The molecule has 1 aliphatic rings. The predicted octanol–water partition coefficient (Wildman–Crippen LogP) is 4.77. The third kappa shape index (κ3) is 6.40. The monoisotopic (exact) mass is 527 g/mol. The fourth-order valence-corrected chi connectivity index (χ4v) is 4.61. The number of halogens is 3. The van der Waals surface area contributed by atoms with Gasteiger partial charge in [0.05, 0.1) is 6.61 Å². The zero-order chi connectivity index (χ0) is 27.3. The highest BCUT2D eigenvalue weighted by molar-refractivity contribution is 5.76. The minimum atomic E-state index is -4.76. The summed E-state index contributed by atoms with van der Waals surface area (Å²) in [5.41, 5.74) is 0.624. The van der Waals surface area contributed by atoms with E-state index in [1.54, 1.807) is 31.5 Å². The Labute approximate surface area is 220 Å². The zero-order valence-corrected chi connectivity index (χ0v) is 21.5. The van der Waals surface area contributed by atoms with E-state index in [0.29, 0.717) is 26.2 Å². The van der Waals surface area contributed by atoms with Crippen molar-refractivity contribution in [3.63, 3.8) is 0 Å². The molecule has 3 aromatic rings. The summed E-state index contributed by atoms with van der Waals surface area (Å²) in [5.74, 6) is -0.238. The number of benzene rings is 2. The van der Waals surface area contributed by atoms with E-state index in [1.165, 1.54) is 12.1 Å². The summed E-state index contributed by atoms with van der Waals surface area (Å²) in [6.45, 7) is 6.25. The standard InChI is InChI=1S/C29H32F3N3O3/c1-3-38-27(36)26-20-34(18-22-12-14-33-15-13-22)16-17-35(26)19-21-4-6-23(7-5-21)24-8-10-25(11-9-24)28(2,37)29(30,31)32/h4-15,26,37H,3,16-20H2,1-2H3. The van der Waals surface area contributed by atoms with Gasteiger partial charge in [-0.1, -0.05) is 48.5 Å². The molecule has 0 spiro atoms. The predicted molar refractivity (Wildman–Crippen MR) is 138 cm³/mol. The van der Waals surface area contributed by atoms with E-state index < -0.39 is 11.8 Å². The maximum Gasteiger partial charge on any atom is 0.421 e. The fourth-order valence-electron chi connectivity index (χ4n) is 4.61. The van der Waals surface area contributed by atoms with Crippen LogP contribution in [-0.4, -0.2) is 64.3 Å². The normalized spacial score (nSPS) is 18.6. The van der Waals surface area contributed by atoms with Crippen molar-refractivity contribution in [1.82, 2.24) is 14.8 Å². The molecule has 1 aromatic heterocycles. The lowest BCUT2D eigenvalue weighted by Crippen LogP contribution is -2.56. The lowest BCUT2D eigenvalue weighted by Gasteiger charge is -2.40. The molecule has 2 aromatic carbocycles. The number of carbonyl (C=O) groups is 1. The largest absolute Gasteiger partial charge is 0.465 e. The molecular weight excluding hydrogens is 495 g/mol. The number of rotatable bonds is 8. The number of aliphatic hydroxyl groups is 1. The van der Waals surface area contributed by atoms with Crippen molar-refractivity contribution in [3.05, 3.63) is 89.7 Å². The van der Waals surface area contributed by atoms with Gasteiger partial charge in [-0.2, -0.15) is 13.2 Å². The van der Waals surface area contributed by atoms with E-state index in [4.69, 9.17) is 4.74 Å². The molecule has 6 nitrogen and oxygen atoms in total. The first-order valence-electron chi connectivity index (χ1n) is 12.6. The highest BCUT2D eigenvalue weighted by Crippen LogP contribution is 2.39. The van der Waals surface area contributed by atoms with Gasteiger partial charge in [0.15, 0.2) is 5.60 Å². The minimum Gasteiger partial charge on any atom is -0.465 e. The first-order valence-corrected chi connectivity index (χ1v) is 12.6. The molecule has 2 unspecified atom stereocenters. The van der Waals surface area contributed by atoms with Gasteiger partial charge < -0.3 is 9.84 Å². The summed E-state index contributed by atoms with van der Waals surface area (Å²) in [6.07, 6.45) is -1.24. The van der Waals surface area contributed by atoms with E-state index in [0.717, 1.165) is 42.3 Å². The number of hydrogen-bond donors (Lipinski definition) is 1. The van der Waals surface area contributed by atoms with Crippen molar-refractivity contribution >= 4 is 5.97 Å². The third-order valence-electron chi connectivity index (χ3n) is 6.96. The van der Waals surface area contributed by atoms with Crippen LogP contribution in [0.15, 0.2) is 73.1 Å². The topological polar surface area (TPSA) is 65.9 Å². The summed E-state index contributed by atoms with van der Waals surface area (Å²) >= 11 is 0. The molecule has 2 heterocycles. The average molecular weight is 528 g/mol. The number of piperazine rings is 1. The number of esters is 1. The lowest BCUT2D eigenvalue weighted by molar-refractivity contribution is -0.258. The second-order valence-electron chi connectivity index (χ2n) is 9.67. The van der Waals surface area contributed by atoms with Crippen LogP contribution in [0.1, 0.15) is 30.5 Å². The Morgan fingerprint density at radius 1 is 0.947 bits per heavy atom. The molecule has 2 atom stereocenters. The molecule has 0 radical (unpaired) electrons. The molecule has 38 heavy (non-hydrogen) atoms. The Morgan fingerprint density at radius 3 is 2.11 bits per heavy atom. The van der Waals surface area contributed by atoms with E-state index in [1.807, 2.05) is 36.4 Å². The number of nitrogens with zero attached hydrogens (tertiary/aromatic N) is 3. The summed E-state index contributed by atoms with van der Waals surface area (Å²) in [4.78, 5) is 21.2. The number of pyridine rings is 1. The van der Waals surface area contributed by atoms with Gasteiger partial charge in [0, 0.05) is 45.1 Å². The van der Waals surface area contributed by atoms with Gasteiger partial charge >= 0.3 is 12.1 Å². The molecule has 0 bridgehead atoms. The number of ether oxygens (including phenoxy) is 1. The Kier molecular flexibility index (Phi) is 8.50. The van der Waals surface area contributed by atoms with Crippen molar-refractivity contribution in [2.75, 3.05) is 26.2 Å². The molecule has 0 aliphatic carbocycles. The van der Waals surface area contributed by atoms with Crippen LogP contribution in [0.4, 0.5) is 13.2 Å². The van der Waals surface area contributed by atoms with Crippen LogP contribution in [-0.2, 0) is 28.2 Å². The molecule has 0 saturated carbocycles. The third-order valence-corrected chi connectivity index (χ3v) is 6.96. The number of carbonyl (C=O) groups excluding carboxylic acids is 1. The van der Waals surface area contributed by atoms with Crippen LogP contribution in [0.5, 0.6) is 0 Å². The lowest BCUT2D eigenvalue weighted by atomic mass is 9.93. The van der Waals surface area contributed by atoms with Crippen molar-refractivity contribution in [1.29, 1.82) is 0 Å². The van der Waals surface area contributed by atoms with Crippen LogP contribution in [0.2, 0.25) is 0 Å². The summed E-state index contributed by atoms with van der Waals surface area (Å²) < 4.78 is 44.8. The number of hydrogen-bond acceptors (Lipinski definition) is 6. The van der Waals surface area contributed by atoms with Crippen molar-refractivity contribution < 1.29 is 27.8 Å². The maximum atomic E-state index is 13.1. The second-order valence-corrected chi connectivity index (χ2v) is 9.67. The summed E-state index contributed by atoms with van der Waals surface area (Å²) in [6, 6.07) is 17.0. The second kappa shape index (κ2) is 11.6. The first-order chi connectivity index (χ1) is 18.1. The van der Waals surface area contributed by atoms with E-state index in [2.05, 4.69) is 14.8 Å². The highest BCUT2D eigenvalue weighted by Gasteiger charge is 2.51. The molecule has 4 rings (SSSR count). The van der Waals surface area contributed by atoms with Gasteiger partial charge in [-0.15, -0.1) is 0 Å². The van der Waals surface area contributed by atoms with Crippen molar-refractivity contribution in [2.45, 2.75) is 44.8 Å². The maximum absolute atomic E-state index is 13.1.